The van der Waals surface area contributed by atoms with Crippen LogP contribution in [0.25, 0.3) is 0 Å². The molecule has 1 aliphatic heterocycles. The molecular formula is C24H29N2O-. The van der Waals surface area contributed by atoms with Crippen molar-refractivity contribution in [3.05, 3.63) is 65.7 Å². The average Bonchev–Trinajstić information content (AvgIpc) is 2.74. The highest BCUT2D eigenvalue weighted by Gasteiger charge is 2.28. The summed E-state index contributed by atoms with van der Waals surface area (Å²) in [6.07, 6.45) is 7.70. The molecular weight excluding hydrogens is 332 g/mol. The van der Waals surface area contributed by atoms with Gasteiger partial charge in [0.15, 0.2) is 0 Å². The molecule has 1 N–H and O–H groups in total. The fraction of sp³-hybridized carbons (Fsp3) is 0.458. The van der Waals surface area contributed by atoms with Gasteiger partial charge in [-0.3, -0.25) is 0 Å². The van der Waals surface area contributed by atoms with Crippen molar-refractivity contribution >= 4 is 11.6 Å². The van der Waals surface area contributed by atoms with E-state index in [-0.39, 0.29) is 17.9 Å². The number of para-hydroxylation sites is 1. The van der Waals surface area contributed by atoms with Crippen LogP contribution in [0.4, 0.5) is 5.69 Å². The fourth-order valence-corrected chi connectivity index (χ4v) is 4.63. The van der Waals surface area contributed by atoms with Gasteiger partial charge in [0.25, 0.3) is 0 Å². The Labute approximate surface area is 162 Å². The first-order valence-corrected chi connectivity index (χ1v) is 10.4. The highest BCUT2D eigenvalue weighted by Crippen LogP contribution is 2.38. The molecule has 2 aromatic carbocycles. The molecule has 3 nitrogen and oxygen atoms in total. The zero-order valence-corrected chi connectivity index (χ0v) is 15.9. The van der Waals surface area contributed by atoms with Crippen molar-refractivity contribution in [3.8, 4) is 0 Å². The van der Waals surface area contributed by atoms with Gasteiger partial charge >= 0.3 is 0 Å². The average molecular weight is 362 g/mol. The Morgan fingerprint density at radius 3 is 2.52 bits per heavy atom. The Morgan fingerprint density at radius 2 is 1.70 bits per heavy atom. The van der Waals surface area contributed by atoms with Gasteiger partial charge in [0, 0.05) is 12.2 Å². The van der Waals surface area contributed by atoms with E-state index in [2.05, 4.69) is 64.9 Å². The third-order valence-electron chi connectivity index (χ3n) is 6.16. The predicted octanol–water partition coefficient (Wildman–Crippen LogP) is 4.74. The molecule has 2 aromatic rings. The predicted molar refractivity (Wildman–Crippen MR) is 110 cm³/mol. The number of fused-ring (bicyclic) bond motifs is 1. The zero-order chi connectivity index (χ0) is 18.5. The summed E-state index contributed by atoms with van der Waals surface area (Å²) in [4.78, 5) is 4.46. The molecule has 2 atom stereocenters. The van der Waals surface area contributed by atoms with E-state index in [0.717, 1.165) is 25.7 Å². The minimum atomic E-state index is 0.148. The van der Waals surface area contributed by atoms with E-state index in [1.165, 1.54) is 36.1 Å². The van der Waals surface area contributed by atoms with E-state index < -0.39 is 0 Å². The van der Waals surface area contributed by atoms with Crippen molar-refractivity contribution in [1.29, 1.82) is 0 Å². The normalized spacial score (nSPS) is 23.5. The van der Waals surface area contributed by atoms with E-state index in [9.17, 15) is 5.11 Å². The summed E-state index contributed by atoms with van der Waals surface area (Å²) in [6.45, 7) is 0.646. The molecule has 0 saturated heterocycles. The van der Waals surface area contributed by atoms with Gasteiger partial charge in [-0.25, -0.2) is 0 Å². The highest BCUT2D eigenvalue weighted by atomic mass is 16.3. The van der Waals surface area contributed by atoms with Crippen LogP contribution in [-0.4, -0.2) is 12.4 Å². The van der Waals surface area contributed by atoms with Crippen LogP contribution in [0.15, 0.2) is 59.6 Å². The van der Waals surface area contributed by atoms with Gasteiger partial charge in [0.05, 0.1) is 6.04 Å². The van der Waals surface area contributed by atoms with Gasteiger partial charge in [-0.15, -0.1) is 0 Å². The van der Waals surface area contributed by atoms with Crippen LogP contribution in [0.1, 0.15) is 55.7 Å². The van der Waals surface area contributed by atoms with Crippen molar-refractivity contribution in [2.45, 2.75) is 51.0 Å². The molecule has 142 valence electrons. The van der Waals surface area contributed by atoms with Gasteiger partial charge in [0.1, 0.15) is 0 Å². The fourth-order valence-electron chi connectivity index (χ4n) is 4.63. The van der Waals surface area contributed by atoms with Gasteiger partial charge in [-0.05, 0) is 60.6 Å². The van der Waals surface area contributed by atoms with E-state index in [1.807, 2.05) is 0 Å². The van der Waals surface area contributed by atoms with E-state index in [4.69, 9.17) is 0 Å². The van der Waals surface area contributed by atoms with E-state index in [0.29, 0.717) is 12.5 Å². The van der Waals surface area contributed by atoms with Gasteiger partial charge in [0.2, 0.25) is 0 Å². The summed E-state index contributed by atoms with van der Waals surface area (Å²) in [5, 5.41) is 16.1. The lowest BCUT2D eigenvalue weighted by molar-refractivity contribution is -0.225. The minimum absolute atomic E-state index is 0.148. The molecule has 4 rings (SSSR count). The molecule has 0 amide bonds. The number of aliphatic imine (C=N–C) groups is 1. The van der Waals surface area contributed by atoms with Crippen molar-refractivity contribution in [2.75, 3.05) is 11.9 Å². The Balaban J connectivity index is 1.47. The lowest BCUT2D eigenvalue weighted by Gasteiger charge is -2.35. The number of nitrogens with one attached hydrogen (secondary N) is 1. The molecule has 0 radical (unpaired) electrons. The summed E-state index contributed by atoms with van der Waals surface area (Å²) in [6, 6.07) is 19.5. The second-order valence-electron chi connectivity index (χ2n) is 8.00. The molecule has 0 spiro atoms. The van der Waals surface area contributed by atoms with Crippen molar-refractivity contribution in [2.24, 2.45) is 16.8 Å². The van der Waals surface area contributed by atoms with Crippen LogP contribution in [0.5, 0.6) is 0 Å². The number of rotatable bonds is 5. The van der Waals surface area contributed by atoms with Crippen molar-refractivity contribution in [3.63, 3.8) is 0 Å². The highest BCUT2D eigenvalue weighted by molar-refractivity contribution is 5.74. The number of benzene rings is 2. The number of hydrogen-bond donors (Lipinski definition) is 1. The number of anilines is 1. The SMILES string of the molecule is [O-]C(=NCC[C@H]1Cc2ccccc2N[C@H]1c1ccccc1)C1CCCCC1. The molecule has 2 aliphatic rings. The molecule has 1 aliphatic carbocycles. The summed E-state index contributed by atoms with van der Waals surface area (Å²) in [5.74, 6) is 0.786. The first-order valence-electron chi connectivity index (χ1n) is 10.4. The third-order valence-corrected chi connectivity index (χ3v) is 6.16. The summed E-state index contributed by atoms with van der Waals surface area (Å²) in [5.41, 5.74) is 3.92. The standard InChI is InChI=1S/C24H30N2O/c27-24(19-11-5-2-6-12-19)25-16-15-21-17-20-13-7-8-14-22(20)26-23(21)18-9-3-1-4-10-18/h1,3-4,7-10,13-14,19,21,23,26H,2,5-6,11-12,15-17H2,(H,25,27)/p-1/t21-,23-/m0/s1. The Kier molecular flexibility index (Phi) is 5.76. The van der Waals surface area contributed by atoms with Crippen LogP contribution in [0.3, 0.4) is 0 Å². The van der Waals surface area contributed by atoms with Crippen LogP contribution < -0.4 is 10.4 Å². The van der Waals surface area contributed by atoms with Crippen LogP contribution in [0, 0.1) is 11.8 Å². The molecule has 0 aromatic heterocycles. The summed E-state index contributed by atoms with van der Waals surface area (Å²) in [7, 11) is 0. The van der Waals surface area contributed by atoms with Crippen molar-refractivity contribution < 1.29 is 5.11 Å². The number of hydrogen-bond acceptors (Lipinski definition) is 3. The Morgan fingerprint density at radius 1 is 0.963 bits per heavy atom. The maximum Gasteiger partial charge on any atom is 0.0545 e. The molecule has 0 bridgehead atoms. The van der Waals surface area contributed by atoms with E-state index in [1.54, 1.807) is 0 Å². The minimum Gasteiger partial charge on any atom is -0.862 e. The largest absolute Gasteiger partial charge is 0.862 e. The lowest BCUT2D eigenvalue weighted by atomic mass is 9.81. The lowest BCUT2D eigenvalue weighted by Crippen LogP contribution is -2.31. The quantitative estimate of drug-likeness (QED) is 0.617. The second-order valence-corrected chi connectivity index (χ2v) is 8.00. The smallest absolute Gasteiger partial charge is 0.0545 e. The van der Waals surface area contributed by atoms with Gasteiger partial charge in [-0.1, -0.05) is 67.8 Å². The molecule has 0 unspecified atom stereocenters. The molecule has 3 heteroatoms. The third kappa shape index (κ3) is 4.35. The Bertz CT molecular complexity index is 765. The maximum absolute atomic E-state index is 12.4. The molecule has 1 saturated carbocycles. The summed E-state index contributed by atoms with van der Waals surface area (Å²) >= 11 is 0. The van der Waals surface area contributed by atoms with Crippen LogP contribution >= 0.6 is 0 Å². The Hall–Kier alpha value is -2.29. The monoisotopic (exact) mass is 361 g/mol. The van der Waals surface area contributed by atoms with Gasteiger partial charge < -0.3 is 15.4 Å². The summed E-state index contributed by atoms with van der Waals surface area (Å²) < 4.78 is 0. The molecule has 1 fully saturated rings. The van der Waals surface area contributed by atoms with Crippen LogP contribution in [0.2, 0.25) is 0 Å². The maximum atomic E-state index is 12.4. The molecule has 27 heavy (non-hydrogen) atoms. The number of nitrogens with zero attached hydrogens (tertiary/aromatic N) is 1. The first kappa shape index (κ1) is 18.1. The topological polar surface area (TPSA) is 47.5 Å². The van der Waals surface area contributed by atoms with E-state index >= 15 is 0 Å². The second kappa shape index (κ2) is 8.60. The van der Waals surface area contributed by atoms with Crippen molar-refractivity contribution in [1.82, 2.24) is 0 Å². The van der Waals surface area contributed by atoms with Crippen LogP contribution in [-0.2, 0) is 6.42 Å². The zero-order valence-electron chi connectivity index (χ0n) is 15.9. The molecule has 1 heterocycles. The first-order chi connectivity index (χ1) is 13.3. The van der Waals surface area contributed by atoms with Gasteiger partial charge in [-0.2, -0.15) is 0 Å².